The first-order valence-electron chi connectivity index (χ1n) is 30.9. The van der Waals surface area contributed by atoms with Crippen LogP contribution in [0, 0.1) is 23.7 Å². The second-order valence-corrected chi connectivity index (χ2v) is 24.9. The normalized spacial score (nSPS) is 14.3. The van der Waals surface area contributed by atoms with E-state index in [-0.39, 0.29) is 88.0 Å². The summed E-state index contributed by atoms with van der Waals surface area (Å²) in [6.07, 6.45) is 0.274. The zero-order chi connectivity index (χ0) is 71.0. The molecule has 0 fully saturated rings. The first kappa shape index (κ1) is 86.4. The number of nitrogens with one attached hydrogen (secondary N) is 10. The van der Waals surface area contributed by atoms with Crippen molar-refractivity contribution in [2.75, 3.05) is 25.1 Å². The van der Waals surface area contributed by atoms with Crippen molar-refractivity contribution in [3.63, 3.8) is 0 Å². The second kappa shape index (κ2) is 47.2. The molecule has 0 saturated heterocycles. The van der Waals surface area contributed by atoms with Gasteiger partial charge in [0.25, 0.3) is 5.97 Å². The summed E-state index contributed by atoms with van der Waals surface area (Å²) in [5.74, 6) is -15.1. The highest BCUT2D eigenvalue weighted by Crippen LogP contribution is 2.15. The van der Waals surface area contributed by atoms with Gasteiger partial charge >= 0.3 is 17.9 Å². The fourth-order valence-corrected chi connectivity index (χ4v) is 9.43. The molecule has 11 amide bonds. The number of hydrogen-bond acceptors (Lipinski definition) is 18. The van der Waals surface area contributed by atoms with Crippen LogP contribution in [0.4, 0.5) is 0 Å². The van der Waals surface area contributed by atoms with E-state index in [9.17, 15) is 82.4 Å². The zero-order valence-corrected chi connectivity index (χ0v) is 55.9. The summed E-state index contributed by atoms with van der Waals surface area (Å²) in [7, 11) is 0. The highest BCUT2D eigenvalue weighted by molar-refractivity contribution is 7.98. The summed E-state index contributed by atoms with van der Waals surface area (Å²) in [6.45, 7) is 16.5. The van der Waals surface area contributed by atoms with Crippen molar-refractivity contribution >= 4 is 101 Å². The van der Waals surface area contributed by atoms with Crippen LogP contribution >= 0.6 is 11.8 Å². The van der Waals surface area contributed by atoms with Gasteiger partial charge in [0.1, 0.15) is 60.4 Å². The number of carbonyl (C=O) groups is 15. The SMILES string of the molecule is CC(=O)O.CSCC[C@H](NC(=O)[C@H](CC(C)C)NC(=O)[C@@H](NC(=O)[C@H](CCCCN)NC(=O)[C@H](CC(C)C)NC(=O)[C@H](CCC(=O)O)NC(C)=O)C(C)C)C(=O)N[C@@H](CCC(=O)O)C(=O)N[C@@H](CCCCN)C(=O)N[C@@H](CCC(=O)O)C(=O)N[C@@H](CC(C)C)C(N)=O. The fraction of sp³-hybridized carbons (Fsp3) is 0.746. The molecule has 0 aromatic heterocycles. The van der Waals surface area contributed by atoms with Crippen LogP contribution < -0.4 is 70.4 Å². The lowest BCUT2D eigenvalue weighted by Gasteiger charge is -2.30. The average molecular weight is 1330 g/mol. The molecular formula is C59H105N13O19S. The summed E-state index contributed by atoms with van der Waals surface area (Å²) in [5, 5.41) is 61.4. The fourth-order valence-electron chi connectivity index (χ4n) is 8.96. The number of nitrogens with two attached hydrogens (primary N) is 3. The Hall–Kier alpha value is -7.68. The third-order valence-electron chi connectivity index (χ3n) is 13.6. The summed E-state index contributed by atoms with van der Waals surface area (Å²) >= 11 is 1.30. The number of carboxylic acids is 4. The van der Waals surface area contributed by atoms with Gasteiger partial charge in [-0.25, -0.2) is 0 Å². The van der Waals surface area contributed by atoms with Crippen molar-refractivity contribution < 1.29 is 92.3 Å². The maximum absolute atomic E-state index is 14.4. The molecule has 33 heteroatoms. The van der Waals surface area contributed by atoms with Crippen molar-refractivity contribution in [2.24, 2.45) is 40.9 Å². The number of thioether (sulfide) groups is 1. The van der Waals surface area contributed by atoms with Crippen molar-refractivity contribution in [1.82, 2.24) is 53.2 Å². The Morgan fingerprint density at radius 2 is 0.620 bits per heavy atom. The van der Waals surface area contributed by atoms with Gasteiger partial charge < -0.3 is 90.8 Å². The van der Waals surface area contributed by atoms with Crippen LogP contribution in [-0.4, -0.2) is 195 Å². The van der Waals surface area contributed by atoms with Crippen LogP contribution in [0.3, 0.4) is 0 Å². The lowest BCUT2D eigenvalue weighted by Crippen LogP contribution is -2.61. The number of primary amides is 1. The molecule has 0 saturated carbocycles. The monoisotopic (exact) mass is 1330 g/mol. The van der Waals surface area contributed by atoms with Gasteiger partial charge in [0.2, 0.25) is 65.0 Å². The Morgan fingerprint density at radius 1 is 0.359 bits per heavy atom. The lowest BCUT2D eigenvalue weighted by atomic mass is 9.98. The Balaban J connectivity index is 0. The number of unbranched alkanes of at least 4 members (excludes halogenated alkanes) is 2. The van der Waals surface area contributed by atoms with Gasteiger partial charge in [-0.1, -0.05) is 55.4 Å². The maximum Gasteiger partial charge on any atom is 0.303 e. The van der Waals surface area contributed by atoms with Gasteiger partial charge in [-0.2, -0.15) is 11.8 Å². The number of aliphatic carboxylic acids is 4. The number of hydrogen-bond donors (Lipinski definition) is 17. The second-order valence-electron chi connectivity index (χ2n) is 23.9. The minimum absolute atomic E-state index is 0.00673. The molecular weight excluding hydrogens is 1230 g/mol. The molecule has 0 aromatic carbocycles. The molecule has 32 nitrogen and oxygen atoms in total. The predicted molar refractivity (Wildman–Crippen MR) is 340 cm³/mol. The molecule has 526 valence electrons. The molecule has 0 aliphatic heterocycles. The number of rotatable bonds is 47. The van der Waals surface area contributed by atoms with Gasteiger partial charge in [-0.15, -0.1) is 0 Å². The Kier molecular flexibility index (Phi) is 44.4. The standard InChI is InChI=1S/C57H101N13O17S.C2H4O2/c1-30(2)27-41(48(60)78)67-52(82)39(19-22-46(76)77)64-49(79)35(15-11-13-24-58)62-51(81)38(18-21-45(74)75)65-53(83)40(23-26-88-10)66-56(86)43(29-32(5)6)69-57(87)47(33(7)8)70-54(84)36(16-12-14-25-59)63-55(85)42(28-31(3)4)68-50(80)37(61-34(9)71)17-20-44(72)73;1-2(3)4/h30-33,35-43,47H,11-29,58-59H2,1-10H3,(H2,60,78)(H,61,71)(H,62,81)(H,63,85)(H,64,79)(H,65,83)(H,66,86)(H,67,82)(H,68,80)(H,69,87)(H,70,84)(H,72,73)(H,74,75)(H,76,77);1H3,(H,3,4)/t35-,36-,37-,38-,39-,40-,41-,42-,43-,47-;/m0./s1. The molecule has 92 heavy (non-hydrogen) atoms. The zero-order valence-electron chi connectivity index (χ0n) is 55.1. The number of carbonyl (C=O) groups excluding carboxylic acids is 11. The van der Waals surface area contributed by atoms with Crippen LogP contribution in [0.15, 0.2) is 0 Å². The summed E-state index contributed by atoms with van der Waals surface area (Å²) in [5.41, 5.74) is 17.0. The van der Waals surface area contributed by atoms with Gasteiger partial charge in [0.15, 0.2) is 0 Å². The van der Waals surface area contributed by atoms with Gasteiger partial charge in [-0.05, 0) is 132 Å². The number of amides is 11. The average Bonchev–Trinajstić information content (AvgIpc) is 1.03. The molecule has 0 aliphatic rings. The molecule has 10 atom stereocenters. The minimum Gasteiger partial charge on any atom is -0.481 e. The van der Waals surface area contributed by atoms with Crippen molar-refractivity contribution in [3.8, 4) is 0 Å². The topological polar surface area (TPSA) is 535 Å². The van der Waals surface area contributed by atoms with Crippen LogP contribution in [-0.2, 0) is 71.9 Å². The Bertz CT molecular complexity index is 2430. The van der Waals surface area contributed by atoms with E-state index in [2.05, 4.69) is 53.2 Å². The maximum atomic E-state index is 14.4. The van der Waals surface area contributed by atoms with Gasteiger partial charge in [0, 0.05) is 33.1 Å². The molecule has 0 rings (SSSR count). The highest BCUT2D eigenvalue weighted by Gasteiger charge is 2.37. The third-order valence-corrected chi connectivity index (χ3v) is 14.2. The number of carboxylic acid groups (broad SMARTS) is 4. The first-order chi connectivity index (χ1) is 42.9. The molecule has 0 radical (unpaired) electrons. The van der Waals surface area contributed by atoms with Gasteiger partial charge in [0.05, 0.1) is 0 Å². The Labute approximate surface area is 542 Å². The smallest absolute Gasteiger partial charge is 0.303 e. The van der Waals surface area contributed by atoms with E-state index in [4.69, 9.17) is 27.1 Å². The first-order valence-corrected chi connectivity index (χ1v) is 32.3. The molecule has 0 aliphatic carbocycles. The molecule has 0 spiro atoms. The molecule has 0 heterocycles. The van der Waals surface area contributed by atoms with E-state index in [1.54, 1.807) is 61.6 Å². The highest BCUT2D eigenvalue weighted by atomic mass is 32.2. The van der Waals surface area contributed by atoms with Crippen LogP contribution in [0.2, 0.25) is 0 Å². The summed E-state index contributed by atoms with van der Waals surface area (Å²) in [6, 6.07) is -13.7. The largest absolute Gasteiger partial charge is 0.481 e. The quantitative estimate of drug-likeness (QED) is 0.0319. The van der Waals surface area contributed by atoms with E-state index in [0.29, 0.717) is 19.3 Å². The molecule has 20 N–H and O–H groups in total. The van der Waals surface area contributed by atoms with E-state index >= 15 is 0 Å². The minimum atomic E-state index is -1.65. The molecule has 0 aromatic rings. The van der Waals surface area contributed by atoms with Crippen molar-refractivity contribution in [3.05, 3.63) is 0 Å². The van der Waals surface area contributed by atoms with E-state index in [1.807, 2.05) is 0 Å². The summed E-state index contributed by atoms with van der Waals surface area (Å²) < 4.78 is 0. The Morgan fingerprint density at radius 3 is 0.902 bits per heavy atom. The summed E-state index contributed by atoms with van der Waals surface area (Å²) in [4.78, 5) is 194. The third kappa shape index (κ3) is 39.6. The van der Waals surface area contributed by atoms with Crippen LogP contribution in [0.1, 0.15) is 172 Å². The molecule has 0 unspecified atom stereocenters. The van der Waals surface area contributed by atoms with Crippen molar-refractivity contribution in [1.29, 1.82) is 0 Å². The van der Waals surface area contributed by atoms with E-state index in [0.717, 1.165) is 13.8 Å². The molecule has 0 bridgehead atoms. The predicted octanol–water partition coefficient (Wildman–Crippen LogP) is -1.17. The van der Waals surface area contributed by atoms with Crippen molar-refractivity contribution in [2.45, 2.75) is 232 Å². The van der Waals surface area contributed by atoms with Crippen LogP contribution in [0.5, 0.6) is 0 Å². The van der Waals surface area contributed by atoms with E-state index < -0.39 is 187 Å². The van der Waals surface area contributed by atoms with Crippen LogP contribution in [0.25, 0.3) is 0 Å². The lowest BCUT2D eigenvalue weighted by molar-refractivity contribution is -0.139. The van der Waals surface area contributed by atoms with Gasteiger partial charge in [-0.3, -0.25) is 71.9 Å². The van der Waals surface area contributed by atoms with E-state index in [1.165, 1.54) is 11.8 Å².